The fraction of sp³-hybridized carbons (Fsp3) is 0.750. The third-order valence-corrected chi connectivity index (χ3v) is 0.408. The molecule has 0 fully saturated rings. The van der Waals surface area contributed by atoms with Gasteiger partial charge >= 0.3 is 27.5 Å². The van der Waals surface area contributed by atoms with Crippen molar-refractivity contribution >= 4 is 0 Å². The van der Waals surface area contributed by atoms with Crippen molar-refractivity contribution in [1.29, 1.82) is 0 Å². The summed E-state index contributed by atoms with van der Waals surface area (Å²) in [5, 5.41) is 0. The fourth-order valence-electron chi connectivity index (χ4n) is 0. The van der Waals surface area contributed by atoms with E-state index in [1.54, 1.807) is 0 Å². The minimum absolute atomic E-state index is 0.300. The van der Waals surface area contributed by atoms with E-state index in [1.807, 2.05) is 0 Å². The first-order chi connectivity index (χ1) is 2.91. The van der Waals surface area contributed by atoms with Crippen molar-refractivity contribution in [3.05, 3.63) is 6.42 Å². The summed E-state index contributed by atoms with van der Waals surface area (Å²) in [7, 11) is 0. The van der Waals surface area contributed by atoms with E-state index in [-0.39, 0.29) is 0 Å². The van der Waals surface area contributed by atoms with Crippen molar-refractivity contribution < 1.29 is 27.5 Å². The van der Waals surface area contributed by atoms with Crippen LogP contribution in [0.5, 0.6) is 0 Å². The molecule has 2 heteroatoms. The van der Waals surface area contributed by atoms with Gasteiger partial charge in [-0.3, -0.25) is 0 Å². The summed E-state index contributed by atoms with van der Waals surface area (Å²) >= 11 is 0.300. The Balaban J connectivity index is 0. The van der Waals surface area contributed by atoms with Gasteiger partial charge in [0.05, 0.1) is 0 Å². The quantitative estimate of drug-likeness (QED) is 0.537. The van der Waals surface area contributed by atoms with Gasteiger partial charge in [0, 0.05) is 0 Å². The van der Waals surface area contributed by atoms with Crippen LogP contribution in [0.15, 0.2) is 0 Å². The van der Waals surface area contributed by atoms with Crippen LogP contribution in [0, 0.1) is 6.42 Å². The average Bonchev–Trinajstić information content (AvgIpc) is 1.72. The van der Waals surface area contributed by atoms with Crippen LogP contribution in [-0.2, 0) is 27.5 Å². The molecule has 6 heavy (non-hydrogen) atoms. The predicted molar refractivity (Wildman–Crippen MR) is 21.0 cm³/mol. The molecular weight excluding hydrogens is 155 g/mol. The molecule has 0 aromatic carbocycles. The molecule has 36 valence electrons. The molecule has 0 aromatic rings. The number of unbranched alkanes of at least 4 members (excludes halogenated alkanes) is 1. The Kier molecular flexibility index (Phi) is 28.4. The van der Waals surface area contributed by atoms with Crippen molar-refractivity contribution in [1.82, 2.24) is 0 Å². The van der Waals surface area contributed by atoms with Crippen LogP contribution in [0.2, 0.25) is 0 Å². The van der Waals surface area contributed by atoms with Gasteiger partial charge < -0.3 is 6.42 Å². The van der Waals surface area contributed by atoms with E-state index in [1.165, 1.54) is 6.42 Å². The zero-order valence-corrected chi connectivity index (χ0v) is 6.65. The van der Waals surface area contributed by atoms with Gasteiger partial charge in [-0.1, -0.05) is 6.92 Å². The van der Waals surface area contributed by atoms with Gasteiger partial charge in [-0.15, -0.1) is 0 Å². The van der Waals surface area contributed by atoms with E-state index in [0.717, 1.165) is 0 Å². The van der Waals surface area contributed by atoms with Crippen molar-refractivity contribution in [3.8, 4) is 0 Å². The van der Waals surface area contributed by atoms with E-state index < -0.39 is 0 Å². The maximum absolute atomic E-state index is 8.34. The third kappa shape index (κ3) is 22.4. The normalized spacial score (nSPS) is 5.50. The summed E-state index contributed by atoms with van der Waals surface area (Å²) in [6.07, 6.45) is 3.32. The first-order valence-corrected chi connectivity index (χ1v) is 2.90. The van der Waals surface area contributed by atoms with Crippen LogP contribution < -0.4 is 0 Å². The van der Waals surface area contributed by atoms with Gasteiger partial charge in [-0.05, 0) is 0 Å². The van der Waals surface area contributed by atoms with Crippen molar-refractivity contribution in [3.63, 3.8) is 0 Å². The summed E-state index contributed by atoms with van der Waals surface area (Å²) in [5.74, 6) is 0. The Morgan fingerprint density at radius 3 is 1.83 bits per heavy atom. The topological polar surface area (TPSA) is 17.1 Å². The molecule has 0 unspecified atom stereocenters. The molecule has 0 aliphatic rings. The molecule has 0 amide bonds. The molecule has 0 N–H and O–H groups in total. The standard InChI is InChI=1S/C4H9.O.Zr/c1-3-4-2;;/h3H,4H2,1-2H3;;/q-1;;. The second-order valence-electron chi connectivity index (χ2n) is 0.816. The summed E-state index contributed by atoms with van der Waals surface area (Å²) in [5.41, 5.74) is 0. The van der Waals surface area contributed by atoms with Gasteiger partial charge in [-0.25, -0.2) is 0 Å². The Morgan fingerprint density at radius 1 is 1.67 bits per heavy atom. The predicted octanol–water partition coefficient (Wildman–Crippen LogP) is 1.50. The molecular formula is C4H9OZr-. The number of hydrogen-bond donors (Lipinski definition) is 0. The summed E-state index contributed by atoms with van der Waals surface area (Å²) in [4.78, 5) is 0. The zero-order chi connectivity index (χ0) is 5.41. The maximum atomic E-state index is 8.34. The van der Waals surface area contributed by atoms with Gasteiger partial charge in [0.1, 0.15) is 0 Å². The molecule has 1 nitrogen and oxygen atoms in total. The third-order valence-electron chi connectivity index (χ3n) is 0.408. The second-order valence-corrected chi connectivity index (χ2v) is 0.816. The Morgan fingerprint density at radius 2 is 1.83 bits per heavy atom. The van der Waals surface area contributed by atoms with E-state index in [0.29, 0.717) is 24.7 Å². The van der Waals surface area contributed by atoms with Gasteiger partial charge in [0.15, 0.2) is 0 Å². The molecule has 0 saturated heterocycles. The molecule has 0 spiro atoms. The molecule has 0 bridgehead atoms. The molecule has 0 rings (SSSR count). The van der Waals surface area contributed by atoms with Crippen LogP contribution in [0.4, 0.5) is 0 Å². The molecule has 0 saturated carbocycles. The van der Waals surface area contributed by atoms with E-state index in [4.69, 9.17) is 2.81 Å². The van der Waals surface area contributed by atoms with Crippen molar-refractivity contribution in [2.75, 3.05) is 0 Å². The number of rotatable bonds is 1. The van der Waals surface area contributed by atoms with E-state index >= 15 is 0 Å². The molecule has 0 atom stereocenters. The van der Waals surface area contributed by atoms with E-state index in [2.05, 4.69) is 20.3 Å². The van der Waals surface area contributed by atoms with Crippen LogP contribution in [0.1, 0.15) is 20.3 Å². The Hall–Kier alpha value is 0.683. The summed E-state index contributed by atoms with van der Waals surface area (Å²) in [6, 6.07) is 0. The van der Waals surface area contributed by atoms with Gasteiger partial charge in [-0.2, -0.15) is 13.3 Å². The zero-order valence-electron chi connectivity index (χ0n) is 4.19. The Bertz CT molecular complexity index is 15.0. The molecule has 0 aromatic heterocycles. The SMILES string of the molecule is C[CH-]CC.[O]=[Zr]. The van der Waals surface area contributed by atoms with Crippen LogP contribution in [-0.4, -0.2) is 0 Å². The van der Waals surface area contributed by atoms with Crippen molar-refractivity contribution in [2.45, 2.75) is 20.3 Å². The van der Waals surface area contributed by atoms with Gasteiger partial charge in [0.25, 0.3) is 0 Å². The van der Waals surface area contributed by atoms with Gasteiger partial charge in [0.2, 0.25) is 0 Å². The molecule has 0 heterocycles. The Labute approximate surface area is 54.4 Å². The monoisotopic (exact) mass is 163 g/mol. The minimum atomic E-state index is 0.300. The van der Waals surface area contributed by atoms with Crippen molar-refractivity contribution in [2.24, 2.45) is 0 Å². The summed E-state index contributed by atoms with van der Waals surface area (Å²) < 4.78 is 8.34. The van der Waals surface area contributed by atoms with E-state index in [9.17, 15) is 0 Å². The van der Waals surface area contributed by atoms with Crippen LogP contribution in [0.25, 0.3) is 0 Å². The average molecular weight is 164 g/mol. The van der Waals surface area contributed by atoms with Crippen LogP contribution in [0.3, 0.4) is 0 Å². The first-order valence-electron chi connectivity index (χ1n) is 1.90. The summed E-state index contributed by atoms with van der Waals surface area (Å²) in [6.45, 7) is 4.18. The fourth-order valence-corrected chi connectivity index (χ4v) is 0. The molecule has 0 radical (unpaired) electrons. The number of hydrogen-bond acceptors (Lipinski definition) is 1. The second kappa shape index (κ2) is 17.3. The first kappa shape index (κ1) is 9.84. The molecule has 0 aliphatic heterocycles. The molecule has 0 aliphatic carbocycles. The van der Waals surface area contributed by atoms with Crippen LogP contribution >= 0.6 is 0 Å².